The number of hydrogen-bond acceptors (Lipinski definition) is 5. The molecule has 0 aromatic carbocycles. The van der Waals surface area contributed by atoms with Crippen molar-refractivity contribution in [1.82, 2.24) is 0 Å². The zero-order valence-corrected chi connectivity index (χ0v) is 18.3. The maximum absolute atomic E-state index is 11.6. The van der Waals surface area contributed by atoms with Gasteiger partial charge in [0.1, 0.15) is 12.7 Å². The van der Waals surface area contributed by atoms with Crippen molar-refractivity contribution in [3.8, 4) is 0 Å². The minimum Gasteiger partial charge on any atom is -0.462 e. The highest BCUT2D eigenvalue weighted by atomic mass is 16.6. The molecule has 1 N–H and O–H groups in total. The molecular weight excluding hydrogens is 366 g/mol. The molecule has 0 bridgehead atoms. The lowest BCUT2D eigenvalue weighted by Gasteiger charge is -2.58. The van der Waals surface area contributed by atoms with E-state index in [0.717, 1.165) is 43.2 Å². The van der Waals surface area contributed by atoms with Gasteiger partial charge in [0.15, 0.2) is 0 Å². The number of aliphatic hydroxyl groups is 1. The van der Waals surface area contributed by atoms with Gasteiger partial charge >= 0.3 is 5.97 Å². The molecule has 0 aromatic heterocycles. The molecule has 3 saturated carbocycles. The molecule has 0 aromatic rings. The number of esters is 1. The number of carbonyl (C=O) groups excluding carboxylic acids is 1. The standard InChI is InChI=1S/C24H37NO4/c1-16(27)29-22-8-7-20-19-6-5-17-15-18(25-28-14-4-13-26)9-11-23(17,2)21(19)10-12-24(20,22)3/h15,19-22,26H,4-14H2,1-3H3/b25-18-/t19-,20-,21-,22-,23-,24-/m0/s1. The van der Waals surface area contributed by atoms with E-state index in [0.29, 0.717) is 18.9 Å². The molecule has 5 nitrogen and oxygen atoms in total. The first-order chi connectivity index (χ1) is 13.9. The molecule has 0 aliphatic heterocycles. The van der Waals surface area contributed by atoms with Crippen molar-refractivity contribution in [3.05, 3.63) is 11.6 Å². The molecule has 4 aliphatic rings. The number of allylic oxidation sites excluding steroid dienone is 2. The Morgan fingerprint density at radius 2 is 2.00 bits per heavy atom. The molecule has 162 valence electrons. The number of aliphatic hydroxyl groups excluding tert-OH is 1. The predicted molar refractivity (Wildman–Crippen MR) is 112 cm³/mol. The molecule has 0 radical (unpaired) electrons. The summed E-state index contributed by atoms with van der Waals surface area (Å²) in [5.41, 5.74) is 3.05. The number of carbonyl (C=O) groups is 1. The predicted octanol–water partition coefficient (Wildman–Crippen LogP) is 4.64. The molecule has 5 heteroatoms. The third-order valence-corrected chi connectivity index (χ3v) is 8.77. The van der Waals surface area contributed by atoms with E-state index in [4.69, 9.17) is 14.7 Å². The fourth-order valence-electron chi connectivity index (χ4n) is 7.25. The summed E-state index contributed by atoms with van der Waals surface area (Å²) in [4.78, 5) is 17.0. The smallest absolute Gasteiger partial charge is 0.302 e. The number of ether oxygens (including phenoxy) is 1. The highest BCUT2D eigenvalue weighted by Gasteiger charge is 2.59. The summed E-state index contributed by atoms with van der Waals surface area (Å²) < 4.78 is 5.77. The van der Waals surface area contributed by atoms with Crippen molar-refractivity contribution in [2.75, 3.05) is 13.2 Å². The molecule has 0 spiro atoms. The molecule has 4 aliphatic carbocycles. The maximum Gasteiger partial charge on any atom is 0.302 e. The van der Waals surface area contributed by atoms with Gasteiger partial charge in [-0.2, -0.15) is 0 Å². The summed E-state index contributed by atoms with van der Waals surface area (Å²) in [6.45, 7) is 7.05. The van der Waals surface area contributed by atoms with Crippen LogP contribution >= 0.6 is 0 Å². The summed E-state index contributed by atoms with van der Waals surface area (Å²) in [7, 11) is 0. The van der Waals surface area contributed by atoms with E-state index < -0.39 is 0 Å². The highest BCUT2D eigenvalue weighted by molar-refractivity contribution is 5.96. The third-order valence-electron chi connectivity index (χ3n) is 8.77. The minimum atomic E-state index is -0.125. The SMILES string of the molecule is CC(=O)O[C@H]1CC[C@H]2[C@@H]3CCC4=C/C(=N\OCCCO)CC[C@]4(C)[C@H]3CC[C@]12C. The Bertz CT molecular complexity index is 701. The molecule has 0 unspecified atom stereocenters. The first-order valence-electron chi connectivity index (χ1n) is 11.6. The lowest BCUT2D eigenvalue weighted by Crippen LogP contribution is -2.51. The Kier molecular flexibility index (Phi) is 5.80. The van der Waals surface area contributed by atoms with Crippen molar-refractivity contribution in [1.29, 1.82) is 0 Å². The fourth-order valence-corrected chi connectivity index (χ4v) is 7.25. The molecule has 0 heterocycles. The molecule has 0 saturated heterocycles. The zero-order valence-electron chi connectivity index (χ0n) is 18.3. The summed E-state index contributed by atoms with van der Waals surface area (Å²) in [5, 5.41) is 13.2. The summed E-state index contributed by atoms with van der Waals surface area (Å²) in [5.74, 6) is 2.03. The van der Waals surface area contributed by atoms with Crippen LogP contribution < -0.4 is 0 Å². The number of hydrogen-bond donors (Lipinski definition) is 1. The second kappa shape index (κ2) is 8.05. The van der Waals surface area contributed by atoms with E-state index in [-0.39, 0.29) is 29.5 Å². The van der Waals surface area contributed by atoms with E-state index in [9.17, 15) is 4.79 Å². The first kappa shape index (κ1) is 20.9. The molecular formula is C24H37NO4. The number of rotatable bonds is 5. The van der Waals surface area contributed by atoms with Crippen molar-refractivity contribution in [2.24, 2.45) is 33.7 Å². The summed E-state index contributed by atoms with van der Waals surface area (Å²) >= 11 is 0. The normalized spacial score (nSPS) is 42.5. The topological polar surface area (TPSA) is 68.1 Å². The molecule has 6 atom stereocenters. The second-order valence-corrected chi connectivity index (χ2v) is 10.2. The Labute approximate surface area is 174 Å². The fraction of sp³-hybridized carbons (Fsp3) is 0.833. The van der Waals surface area contributed by atoms with Gasteiger partial charge in [-0.1, -0.05) is 24.6 Å². The summed E-state index contributed by atoms with van der Waals surface area (Å²) in [6, 6.07) is 0. The van der Waals surface area contributed by atoms with Crippen LogP contribution in [0.4, 0.5) is 0 Å². The van der Waals surface area contributed by atoms with E-state index in [1.165, 1.54) is 25.7 Å². The van der Waals surface area contributed by atoms with Crippen molar-refractivity contribution in [2.45, 2.75) is 84.7 Å². The highest BCUT2D eigenvalue weighted by Crippen LogP contribution is 2.65. The Morgan fingerprint density at radius 1 is 1.17 bits per heavy atom. The van der Waals surface area contributed by atoms with Crippen LogP contribution in [-0.4, -0.2) is 36.1 Å². The quantitative estimate of drug-likeness (QED) is 0.413. The van der Waals surface area contributed by atoms with Gasteiger partial charge in [0.05, 0.1) is 5.71 Å². The van der Waals surface area contributed by atoms with Gasteiger partial charge in [-0.15, -0.1) is 0 Å². The average Bonchev–Trinajstić information content (AvgIpc) is 3.01. The molecule has 0 amide bonds. The minimum absolute atomic E-state index is 0.108. The van der Waals surface area contributed by atoms with Crippen LogP contribution in [0.2, 0.25) is 0 Å². The van der Waals surface area contributed by atoms with E-state index in [1.54, 1.807) is 12.5 Å². The van der Waals surface area contributed by atoms with E-state index in [2.05, 4.69) is 25.1 Å². The summed E-state index contributed by atoms with van der Waals surface area (Å²) in [6.07, 6.45) is 12.2. The number of nitrogens with zero attached hydrogens (tertiary/aromatic N) is 1. The Balaban J connectivity index is 1.50. The van der Waals surface area contributed by atoms with Gasteiger partial charge in [0, 0.05) is 25.4 Å². The monoisotopic (exact) mass is 403 g/mol. The number of oxime groups is 1. The van der Waals surface area contributed by atoms with Crippen LogP contribution in [0.15, 0.2) is 16.8 Å². The molecule has 4 rings (SSSR count). The van der Waals surface area contributed by atoms with Crippen molar-refractivity contribution >= 4 is 11.7 Å². The van der Waals surface area contributed by atoms with Crippen molar-refractivity contribution < 1.29 is 19.5 Å². The van der Waals surface area contributed by atoms with Gasteiger partial charge in [-0.05, 0) is 80.6 Å². The van der Waals surface area contributed by atoms with Crippen LogP contribution in [0.3, 0.4) is 0 Å². The van der Waals surface area contributed by atoms with Gasteiger partial charge in [0.25, 0.3) is 0 Å². The van der Waals surface area contributed by atoms with E-state index in [1.807, 2.05) is 0 Å². The zero-order chi connectivity index (χ0) is 20.6. The lowest BCUT2D eigenvalue weighted by molar-refractivity contribution is -0.157. The lowest BCUT2D eigenvalue weighted by atomic mass is 9.47. The molecule has 29 heavy (non-hydrogen) atoms. The first-order valence-corrected chi connectivity index (χ1v) is 11.6. The largest absolute Gasteiger partial charge is 0.462 e. The van der Waals surface area contributed by atoms with Crippen LogP contribution in [0.25, 0.3) is 0 Å². The van der Waals surface area contributed by atoms with Crippen LogP contribution in [-0.2, 0) is 14.4 Å². The van der Waals surface area contributed by atoms with Gasteiger partial charge in [-0.3, -0.25) is 4.79 Å². The Morgan fingerprint density at radius 3 is 2.76 bits per heavy atom. The third kappa shape index (κ3) is 3.64. The number of fused-ring (bicyclic) bond motifs is 5. The molecule has 3 fully saturated rings. The second-order valence-electron chi connectivity index (χ2n) is 10.2. The Hall–Kier alpha value is -1.36. The maximum atomic E-state index is 11.6. The van der Waals surface area contributed by atoms with Gasteiger partial charge in [-0.25, -0.2) is 0 Å². The van der Waals surface area contributed by atoms with E-state index >= 15 is 0 Å². The van der Waals surface area contributed by atoms with Gasteiger partial charge < -0.3 is 14.7 Å². The van der Waals surface area contributed by atoms with Crippen LogP contribution in [0, 0.1) is 28.6 Å². The van der Waals surface area contributed by atoms with Crippen molar-refractivity contribution in [3.63, 3.8) is 0 Å². The van der Waals surface area contributed by atoms with Crippen LogP contribution in [0.1, 0.15) is 78.6 Å². The average molecular weight is 404 g/mol. The van der Waals surface area contributed by atoms with Crippen LogP contribution in [0.5, 0.6) is 0 Å². The van der Waals surface area contributed by atoms with Gasteiger partial charge in [0.2, 0.25) is 0 Å².